The molecule has 5 heteroatoms. The van der Waals surface area contributed by atoms with Crippen LogP contribution in [-0.2, 0) is 11.2 Å². The van der Waals surface area contributed by atoms with Crippen molar-refractivity contribution in [1.82, 2.24) is 20.6 Å². The molecule has 1 rings (SSSR count). The van der Waals surface area contributed by atoms with Crippen LogP contribution in [0.1, 0.15) is 26.0 Å². The molecule has 1 unspecified atom stereocenters. The largest absolute Gasteiger partial charge is 0.356 e. The van der Waals surface area contributed by atoms with Gasteiger partial charge in [0.25, 0.3) is 0 Å². The Bertz CT molecular complexity index is 297. The molecule has 0 aromatic carbocycles. The predicted molar refractivity (Wildman–Crippen MR) is 63.1 cm³/mol. The van der Waals surface area contributed by atoms with Crippen molar-refractivity contribution in [2.24, 2.45) is 0 Å². The molecule has 5 nitrogen and oxygen atoms in total. The second-order valence-corrected chi connectivity index (χ2v) is 3.84. The minimum Gasteiger partial charge on any atom is -0.356 e. The molecule has 0 bridgehead atoms. The van der Waals surface area contributed by atoms with Crippen molar-refractivity contribution in [2.45, 2.75) is 32.7 Å². The fourth-order valence-electron chi connectivity index (χ4n) is 1.53. The maximum Gasteiger partial charge on any atom is 0.221 e. The molecule has 0 fully saturated rings. The lowest BCUT2D eigenvalue weighted by Gasteiger charge is -2.11. The predicted octanol–water partition coefficient (Wildman–Crippen LogP) is 0.457. The first-order valence-corrected chi connectivity index (χ1v) is 5.69. The summed E-state index contributed by atoms with van der Waals surface area (Å²) in [6.45, 7) is 5.59. The molecule has 90 valence electrons. The van der Waals surface area contributed by atoms with Gasteiger partial charge in [-0.2, -0.15) is 0 Å². The molecule has 1 atom stereocenters. The molecule has 0 radical (unpaired) electrons. The molecule has 0 aliphatic carbocycles. The molecule has 0 spiro atoms. The second kappa shape index (κ2) is 7.00. The molecule has 1 amide bonds. The van der Waals surface area contributed by atoms with E-state index in [9.17, 15) is 4.79 Å². The molecule has 3 N–H and O–H groups in total. The van der Waals surface area contributed by atoms with Gasteiger partial charge in [0.2, 0.25) is 5.91 Å². The molecule has 0 saturated carbocycles. The number of hydrogen-bond acceptors (Lipinski definition) is 3. The fraction of sp³-hybridized carbons (Fsp3) is 0.636. The summed E-state index contributed by atoms with van der Waals surface area (Å²) < 4.78 is 0. The number of hydrogen-bond donors (Lipinski definition) is 3. The molecule has 16 heavy (non-hydrogen) atoms. The number of aromatic nitrogens is 2. The zero-order valence-electron chi connectivity index (χ0n) is 9.92. The zero-order chi connectivity index (χ0) is 11.8. The Labute approximate surface area is 96.0 Å². The van der Waals surface area contributed by atoms with Crippen LogP contribution in [0.25, 0.3) is 0 Å². The third kappa shape index (κ3) is 4.93. The molecule has 1 heterocycles. The number of carbonyl (C=O) groups is 1. The molecule has 1 aromatic heterocycles. The maximum absolute atomic E-state index is 11.5. The number of amides is 1. The van der Waals surface area contributed by atoms with Gasteiger partial charge in [0.1, 0.15) is 0 Å². The van der Waals surface area contributed by atoms with Crippen molar-refractivity contribution >= 4 is 5.91 Å². The highest BCUT2D eigenvalue weighted by molar-refractivity contribution is 5.76. The number of nitrogens with zero attached hydrogens (tertiary/aromatic N) is 1. The van der Waals surface area contributed by atoms with Crippen LogP contribution in [-0.4, -0.2) is 35.0 Å². The third-order valence-corrected chi connectivity index (χ3v) is 2.32. The second-order valence-electron chi connectivity index (χ2n) is 3.84. The Morgan fingerprint density at radius 1 is 1.62 bits per heavy atom. The van der Waals surface area contributed by atoms with E-state index >= 15 is 0 Å². The lowest BCUT2D eigenvalue weighted by Crippen LogP contribution is -2.34. The van der Waals surface area contributed by atoms with E-state index in [1.807, 2.05) is 13.8 Å². The van der Waals surface area contributed by atoms with E-state index in [1.54, 1.807) is 12.5 Å². The standard InChI is InChI=1S/C11H20N4O/c1-3-13-9(2)6-11(16)14-5-4-10-7-12-8-15-10/h7-9,13H,3-6H2,1-2H3,(H,12,15)(H,14,16). The lowest BCUT2D eigenvalue weighted by atomic mass is 10.2. The van der Waals surface area contributed by atoms with Crippen LogP contribution >= 0.6 is 0 Å². The van der Waals surface area contributed by atoms with E-state index in [0.29, 0.717) is 13.0 Å². The van der Waals surface area contributed by atoms with Gasteiger partial charge in [0, 0.05) is 37.3 Å². The molecular weight excluding hydrogens is 204 g/mol. The summed E-state index contributed by atoms with van der Waals surface area (Å²) in [5.41, 5.74) is 1.04. The van der Waals surface area contributed by atoms with Gasteiger partial charge < -0.3 is 15.6 Å². The summed E-state index contributed by atoms with van der Waals surface area (Å²) in [6.07, 6.45) is 4.73. The fourth-order valence-corrected chi connectivity index (χ4v) is 1.53. The van der Waals surface area contributed by atoms with Crippen molar-refractivity contribution in [2.75, 3.05) is 13.1 Å². The first-order chi connectivity index (χ1) is 7.72. The van der Waals surface area contributed by atoms with E-state index in [4.69, 9.17) is 0 Å². The number of aromatic amines is 1. The average Bonchev–Trinajstić information content (AvgIpc) is 2.70. The van der Waals surface area contributed by atoms with Crippen LogP contribution < -0.4 is 10.6 Å². The quantitative estimate of drug-likeness (QED) is 0.630. The molecule has 1 aromatic rings. The summed E-state index contributed by atoms with van der Waals surface area (Å²) in [4.78, 5) is 18.4. The highest BCUT2D eigenvalue weighted by Crippen LogP contribution is 1.93. The smallest absolute Gasteiger partial charge is 0.221 e. The summed E-state index contributed by atoms with van der Waals surface area (Å²) in [7, 11) is 0. The van der Waals surface area contributed by atoms with Gasteiger partial charge in [-0.3, -0.25) is 4.79 Å². The van der Waals surface area contributed by atoms with Crippen LogP contribution in [0.15, 0.2) is 12.5 Å². The summed E-state index contributed by atoms with van der Waals surface area (Å²) in [5, 5.41) is 6.09. The highest BCUT2D eigenvalue weighted by Gasteiger charge is 2.06. The van der Waals surface area contributed by atoms with Gasteiger partial charge in [-0.15, -0.1) is 0 Å². The van der Waals surface area contributed by atoms with Gasteiger partial charge >= 0.3 is 0 Å². The first-order valence-electron chi connectivity index (χ1n) is 5.69. The third-order valence-electron chi connectivity index (χ3n) is 2.32. The maximum atomic E-state index is 11.5. The number of H-pyrrole nitrogens is 1. The summed E-state index contributed by atoms with van der Waals surface area (Å²) in [5.74, 6) is 0.0907. The highest BCUT2D eigenvalue weighted by atomic mass is 16.1. The Kier molecular flexibility index (Phi) is 5.56. The SMILES string of the molecule is CCNC(C)CC(=O)NCCc1cnc[nH]1. The molecule has 0 aliphatic rings. The van der Waals surface area contributed by atoms with Crippen molar-refractivity contribution in [3.8, 4) is 0 Å². The van der Waals surface area contributed by atoms with Gasteiger partial charge in [-0.25, -0.2) is 4.98 Å². The number of imidazole rings is 1. The van der Waals surface area contributed by atoms with Crippen LogP contribution in [0.5, 0.6) is 0 Å². The molecule has 0 saturated heterocycles. The topological polar surface area (TPSA) is 69.8 Å². The minimum absolute atomic E-state index is 0.0907. The van der Waals surface area contributed by atoms with Crippen LogP contribution in [0, 0.1) is 0 Å². The minimum atomic E-state index is 0.0907. The average molecular weight is 224 g/mol. The summed E-state index contributed by atoms with van der Waals surface area (Å²) in [6, 6.07) is 0.233. The molecular formula is C11H20N4O. The number of nitrogens with one attached hydrogen (secondary N) is 3. The van der Waals surface area contributed by atoms with Gasteiger partial charge in [-0.05, 0) is 13.5 Å². The zero-order valence-corrected chi connectivity index (χ0v) is 9.92. The Morgan fingerprint density at radius 2 is 2.44 bits per heavy atom. The van der Waals surface area contributed by atoms with Crippen LogP contribution in [0.2, 0.25) is 0 Å². The first kappa shape index (κ1) is 12.7. The Morgan fingerprint density at radius 3 is 3.06 bits per heavy atom. The van der Waals surface area contributed by atoms with Crippen LogP contribution in [0.4, 0.5) is 0 Å². The van der Waals surface area contributed by atoms with Crippen LogP contribution in [0.3, 0.4) is 0 Å². The number of rotatable bonds is 7. The van der Waals surface area contributed by atoms with E-state index < -0.39 is 0 Å². The molecule has 0 aliphatic heterocycles. The lowest BCUT2D eigenvalue weighted by molar-refractivity contribution is -0.121. The normalized spacial score (nSPS) is 12.4. The van der Waals surface area contributed by atoms with Gasteiger partial charge in [-0.1, -0.05) is 6.92 Å². The van der Waals surface area contributed by atoms with Gasteiger partial charge in [0.15, 0.2) is 0 Å². The monoisotopic (exact) mass is 224 g/mol. The van der Waals surface area contributed by atoms with Gasteiger partial charge in [0.05, 0.1) is 6.33 Å². The van der Waals surface area contributed by atoms with Crippen molar-refractivity contribution in [3.05, 3.63) is 18.2 Å². The Hall–Kier alpha value is -1.36. The van der Waals surface area contributed by atoms with Crippen molar-refractivity contribution in [3.63, 3.8) is 0 Å². The van der Waals surface area contributed by atoms with E-state index in [-0.39, 0.29) is 11.9 Å². The van der Waals surface area contributed by atoms with E-state index in [0.717, 1.165) is 18.7 Å². The van der Waals surface area contributed by atoms with Crippen molar-refractivity contribution < 1.29 is 4.79 Å². The summed E-state index contributed by atoms with van der Waals surface area (Å²) >= 11 is 0. The Balaban J connectivity index is 2.10. The number of carbonyl (C=O) groups excluding carboxylic acids is 1. The van der Waals surface area contributed by atoms with E-state index in [2.05, 4.69) is 20.6 Å². The van der Waals surface area contributed by atoms with Crippen molar-refractivity contribution in [1.29, 1.82) is 0 Å². The van der Waals surface area contributed by atoms with E-state index in [1.165, 1.54) is 0 Å².